The summed E-state index contributed by atoms with van der Waals surface area (Å²) in [5.74, 6) is 4.58. The summed E-state index contributed by atoms with van der Waals surface area (Å²) < 4.78 is 0. The smallest absolute Gasteiger partial charge is 0.0545 e. The molecule has 0 spiro atoms. The molecule has 102 valence electrons. The van der Waals surface area contributed by atoms with Crippen molar-refractivity contribution in [3.05, 3.63) is 24.5 Å². The molecule has 0 saturated carbocycles. The number of nitrogens with zero attached hydrogens (tertiary/aromatic N) is 2. The third-order valence-electron chi connectivity index (χ3n) is 3.39. The van der Waals surface area contributed by atoms with Gasteiger partial charge >= 0.3 is 0 Å². The second kappa shape index (κ2) is 8.08. The Morgan fingerprint density at radius 3 is 2.79 bits per heavy atom. The van der Waals surface area contributed by atoms with Crippen LogP contribution in [0.25, 0.3) is 0 Å². The maximum atomic E-state index is 5.22. The standard InChI is InChI=1S/C15H21N3S/c1-2-12-19-13-9-17-14-5-10-18(11-6-14)15-3-7-16-8-4-15/h1,3-4,7-8,14,17H,5-6,9-13H2. The van der Waals surface area contributed by atoms with Gasteiger partial charge in [-0.3, -0.25) is 4.98 Å². The van der Waals surface area contributed by atoms with Crippen LogP contribution in [0.5, 0.6) is 0 Å². The Morgan fingerprint density at radius 2 is 2.11 bits per heavy atom. The normalized spacial score (nSPS) is 16.3. The summed E-state index contributed by atoms with van der Waals surface area (Å²) >= 11 is 1.82. The number of piperidine rings is 1. The minimum atomic E-state index is 0.657. The van der Waals surface area contributed by atoms with E-state index >= 15 is 0 Å². The maximum absolute atomic E-state index is 5.22. The summed E-state index contributed by atoms with van der Waals surface area (Å²) in [5.41, 5.74) is 1.29. The minimum absolute atomic E-state index is 0.657. The van der Waals surface area contributed by atoms with Gasteiger partial charge in [0.05, 0.1) is 5.75 Å². The quantitative estimate of drug-likeness (QED) is 0.635. The molecule has 1 N–H and O–H groups in total. The van der Waals surface area contributed by atoms with Gasteiger partial charge in [0, 0.05) is 49.5 Å². The predicted molar refractivity (Wildman–Crippen MR) is 83.6 cm³/mol. The van der Waals surface area contributed by atoms with E-state index in [2.05, 4.69) is 33.3 Å². The molecule has 19 heavy (non-hydrogen) atoms. The van der Waals surface area contributed by atoms with E-state index in [1.165, 1.54) is 18.5 Å². The fraction of sp³-hybridized carbons (Fsp3) is 0.533. The first-order valence-electron chi connectivity index (χ1n) is 6.79. The van der Waals surface area contributed by atoms with Crippen LogP contribution in [-0.2, 0) is 0 Å². The number of aromatic nitrogens is 1. The number of hydrogen-bond donors (Lipinski definition) is 1. The summed E-state index contributed by atoms with van der Waals surface area (Å²) in [6.45, 7) is 3.31. The molecule has 1 aliphatic rings. The van der Waals surface area contributed by atoms with Crippen LogP contribution in [0.3, 0.4) is 0 Å². The van der Waals surface area contributed by atoms with Crippen molar-refractivity contribution in [3.63, 3.8) is 0 Å². The molecule has 0 aliphatic carbocycles. The number of nitrogens with one attached hydrogen (secondary N) is 1. The fourth-order valence-electron chi connectivity index (χ4n) is 2.36. The molecule has 1 saturated heterocycles. The molecule has 0 bridgehead atoms. The molecular weight excluding hydrogens is 254 g/mol. The Balaban J connectivity index is 1.64. The van der Waals surface area contributed by atoms with Crippen molar-refractivity contribution in [1.82, 2.24) is 10.3 Å². The number of hydrogen-bond acceptors (Lipinski definition) is 4. The molecule has 0 aromatic carbocycles. The van der Waals surface area contributed by atoms with Crippen LogP contribution >= 0.6 is 11.8 Å². The highest BCUT2D eigenvalue weighted by Crippen LogP contribution is 2.18. The average molecular weight is 275 g/mol. The summed E-state index contributed by atoms with van der Waals surface area (Å²) in [7, 11) is 0. The molecular formula is C15H21N3S. The lowest BCUT2D eigenvalue weighted by Crippen LogP contribution is -2.43. The van der Waals surface area contributed by atoms with Gasteiger partial charge < -0.3 is 10.2 Å². The predicted octanol–water partition coefficient (Wildman–Crippen LogP) is 2.01. The van der Waals surface area contributed by atoms with E-state index in [4.69, 9.17) is 6.42 Å². The van der Waals surface area contributed by atoms with E-state index in [1.54, 1.807) is 0 Å². The van der Waals surface area contributed by atoms with Crippen LogP contribution in [0.1, 0.15) is 12.8 Å². The highest BCUT2D eigenvalue weighted by atomic mass is 32.2. The molecule has 1 aromatic heterocycles. The van der Waals surface area contributed by atoms with Crippen LogP contribution < -0.4 is 10.2 Å². The van der Waals surface area contributed by atoms with E-state index in [9.17, 15) is 0 Å². The van der Waals surface area contributed by atoms with Crippen molar-refractivity contribution >= 4 is 17.4 Å². The van der Waals surface area contributed by atoms with Gasteiger partial charge in [-0.25, -0.2) is 0 Å². The van der Waals surface area contributed by atoms with Crippen molar-refractivity contribution in [2.24, 2.45) is 0 Å². The third-order valence-corrected chi connectivity index (χ3v) is 4.25. The number of rotatable bonds is 6. The van der Waals surface area contributed by atoms with Crippen molar-refractivity contribution in [1.29, 1.82) is 0 Å². The Kier molecular flexibility index (Phi) is 6.06. The Morgan fingerprint density at radius 1 is 1.37 bits per heavy atom. The molecule has 0 amide bonds. The fourth-order valence-corrected chi connectivity index (χ4v) is 2.89. The topological polar surface area (TPSA) is 28.2 Å². The van der Waals surface area contributed by atoms with Crippen LogP contribution in [0.15, 0.2) is 24.5 Å². The molecule has 0 unspecified atom stereocenters. The second-order valence-corrected chi connectivity index (χ2v) is 5.78. The Bertz CT molecular complexity index is 394. The van der Waals surface area contributed by atoms with Crippen molar-refractivity contribution in [2.75, 3.05) is 36.0 Å². The first-order valence-corrected chi connectivity index (χ1v) is 7.95. The van der Waals surface area contributed by atoms with Crippen LogP contribution in [0.2, 0.25) is 0 Å². The maximum Gasteiger partial charge on any atom is 0.0545 e. The monoisotopic (exact) mass is 275 g/mol. The van der Waals surface area contributed by atoms with Crippen molar-refractivity contribution in [2.45, 2.75) is 18.9 Å². The van der Waals surface area contributed by atoms with Gasteiger partial charge in [-0.1, -0.05) is 5.92 Å². The Labute approximate surface area is 120 Å². The number of thioether (sulfide) groups is 1. The summed E-state index contributed by atoms with van der Waals surface area (Å²) in [6, 6.07) is 4.83. The SMILES string of the molecule is C#CCSCCNC1CCN(c2ccncc2)CC1. The van der Waals surface area contributed by atoms with Gasteiger partial charge in [0.15, 0.2) is 0 Å². The number of terminal acetylenes is 1. The van der Waals surface area contributed by atoms with Crippen LogP contribution in [0, 0.1) is 12.3 Å². The van der Waals surface area contributed by atoms with Crippen LogP contribution in [-0.4, -0.2) is 42.2 Å². The van der Waals surface area contributed by atoms with E-state index in [-0.39, 0.29) is 0 Å². The number of anilines is 1. The molecule has 1 fully saturated rings. The lowest BCUT2D eigenvalue weighted by molar-refractivity contribution is 0.425. The average Bonchev–Trinajstić information content (AvgIpc) is 2.49. The molecule has 2 rings (SSSR count). The van der Waals surface area contributed by atoms with Crippen molar-refractivity contribution in [3.8, 4) is 12.3 Å². The van der Waals surface area contributed by atoms with Crippen LogP contribution in [0.4, 0.5) is 5.69 Å². The molecule has 1 aliphatic heterocycles. The third kappa shape index (κ3) is 4.77. The number of pyridine rings is 1. The summed E-state index contributed by atoms with van der Waals surface area (Å²) in [4.78, 5) is 6.50. The van der Waals surface area contributed by atoms with Crippen molar-refractivity contribution < 1.29 is 0 Å². The van der Waals surface area contributed by atoms with E-state index < -0.39 is 0 Å². The Hall–Kier alpha value is -1.18. The van der Waals surface area contributed by atoms with E-state index in [0.29, 0.717) is 6.04 Å². The zero-order valence-electron chi connectivity index (χ0n) is 11.2. The van der Waals surface area contributed by atoms with Gasteiger partial charge in [0.1, 0.15) is 0 Å². The molecule has 0 radical (unpaired) electrons. The van der Waals surface area contributed by atoms with Gasteiger partial charge in [0.25, 0.3) is 0 Å². The lowest BCUT2D eigenvalue weighted by atomic mass is 10.0. The molecule has 1 aromatic rings. The second-order valence-electron chi connectivity index (χ2n) is 4.68. The molecule has 4 heteroatoms. The molecule has 2 heterocycles. The lowest BCUT2D eigenvalue weighted by Gasteiger charge is -2.34. The van der Waals surface area contributed by atoms with Gasteiger partial charge in [-0.15, -0.1) is 18.2 Å². The van der Waals surface area contributed by atoms with E-state index in [0.717, 1.165) is 31.1 Å². The summed E-state index contributed by atoms with van der Waals surface area (Å²) in [6.07, 6.45) is 11.4. The highest BCUT2D eigenvalue weighted by molar-refractivity contribution is 7.99. The minimum Gasteiger partial charge on any atom is -0.371 e. The molecule has 0 atom stereocenters. The van der Waals surface area contributed by atoms with Gasteiger partial charge in [-0.2, -0.15) is 0 Å². The highest BCUT2D eigenvalue weighted by Gasteiger charge is 2.18. The van der Waals surface area contributed by atoms with E-state index in [1.807, 2.05) is 24.2 Å². The van der Waals surface area contributed by atoms with Gasteiger partial charge in [0.2, 0.25) is 0 Å². The van der Waals surface area contributed by atoms with Gasteiger partial charge in [-0.05, 0) is 25.0 Å². The zero-order valence-corrected chi connectivity index (χ0v) is 12.0. The largest absolute Gasteiger partial charge is 0.371 e. The molecule has 3 nitrogen and oxygen atoms in total. The first-order chi connectivity index (χ1) is 9.40. The first kappa shape index (κ1) is 14.2. The zero-order chi connectivity index (χ0) is 13.3. The summed E-state index contributed by atoms with van der Waals surface area (Å²) in [5, 5.41) is 3.62.